The largest absolute Gasteiger partial charge is 0.508 e. The summed E-state index contributed by atoms with van der Waals surface area (Å²) >= 11 is 0. The average molecular weight is 378 g/mol. The zero-order valence-corrected chi connectivity index (χ0v) is 15.7. The Balaban J connectivity index is 1.88. The maximum Gasteiger partial charge on any atom is 0.316 e. The predicted molar refractivity (Wildman–Crippen MR) is 106 cm³/mol. The number of rotatable bonds is 2. The third kappa shape index (κ3) is 3.01. The lowest BCUT2D eigenvalue weighted by atomic mass is 9.75. The molecule has 6 nitrogen and oxygen atoms in total. The van der Waals surface area contributed by atoms with Gasteiger partial charge in [0.2, 0.25) is 0 Å². The van der Waals surface area contributed by atoms with E-state index in [2.05, 4.69) is 10.6 Å². The molecule has 0 saturated carbocycles. The van der Waals surface area contributed by atoms with Crippen LogP contribution in [-0.4, -0.2) is 24.0 Å². The fraction of sp³-hybridized carbons (Fsp3) is 0.273. The minimum atomic E-state index is -0.839. The number of fused-ring (bicyclic) bond motifs is 1. The molecule has 1 aliphatic heterocycles. The van der Waals surface area contributed by atoms with Gasteiger partial charge in [0, 0.05) is 11.3 Å². The van der Waals surface area contributed by atoms with Gasteiger partial charge in [-0.25, -0.2) is 0 Å². The van der Waals surface area contributed by atoms with Crippen molar-refractivity contribution >= 4 is 23.1 Å². The van der Waals surface area contributed by atoms with Crippen molar-refractivity contribution in [2.24, 2.45) is 11.8 Å². The van der Waals surface area contributed by atoms with Gasteiger partial charge < -0.3 is 20.5 Å². The van der Waals surface area contributed by atoms with E-state index < -0.39 is 17.9 Å². The van der Waals surface area contributed by atoms with Crippen LogP contribution in [0.3, 0.4) is 0 Å². The van der Waals surface area contributed by atoms with E-state index in [0.717, 1.165) is 22.6 Å². The number of hydrogen-bond donors (Lipinski definition) is 3. The highest BCUT2D eigenvalue weighted by molar-refractivity contribution is 6.11. The summed E-state index contributed by atoms with van der Waals surface area (Å²) in [5, 5.41) is 16.8. The number of carbonyl (C=O) groups excluding carboxylic acids is 2. The van der Waals surface area contributed by atoms with Gasteiger partial charge in [-0.05, 0) is 42.2 Å². The van der Waals surface area contributed by atoms with E-state index >= 15 is 0 Å². The monoisotopic (exact) mass is 378 g/mol. The Morgan fingerprint density at radius 3 is 2.61 bits per heavy atom. The molecule has 0 unspecified atom stereocenters. The first-order valence-electron chi connectivity index (χ1n) is 9.26. The Bertz CT molecular complexity index is 982. The van der Waals surface area contributed by atoms with Crippen molar-refractivity contribution in [1.29, 1.82) is 0 Å². The zero-order valence-electron chi connectivity index (χ0n) is 15.7. The number of ketones is 1. The van der Waals surface area contributed by atoms with E-state index in [1.807, 2.05) is 37.3 Å². The van der Waals surface area contributed by atoms with Crippen LogP contribution in [0.25, 0.3) is 0 Å². The summed E-state index contributed by atoms with van der Waals surface area (Å²) < 4.78 is 4.90. The molecule has 0 bridgehead atoms. The van der Waals surface area contributed by atoms with Crippen LogP contribution in [0.2, 0.25) is 0 Å². The number of nitrogens with one attached hydrogen (secondary N) is 2. The Morgan fingerprint density at radius 2 is 1.89 bits per heavy atom. The first-order chi connectivity index (χ1) is 13.5. The highest BCUT2D eigenvalue weighted by atomic mass is 16.5. The molecule has 1 heterocycles. The van der Waals surface area contributed by atoms with Crippen LogP contribution in [0.4, 0.5) is 11.4 Å². The van der Waals surface area contributed by atoms with Crippen LogP contribution in [0.1, 0.15) is 24.9 Å². The molecular formula is C22H22N2O4. The number of carbonyl (C=O) groups is 2. The number of phenolic OH excluding ortho intramolecular Hbond substituents is 1. The maximum absolute atomic E-state index is 13.4. The number of benzene rings is 2. The van der Waals surface area contributed by atoms with Gasteiger partial charge in [-0.15, -0.1) is 0 Å². The molecule has 28 heavy (non-hydrogen) atoms. The minimum absolute atomic E-state index is 0.119. The van der Waals surface area contributed by atoms with Gasteiger partial charge in [0.1, 0.15) is 11.7 Å². The number of esters is 1. The number of para-hydroxylation sites is 2. The average Bonchev–Trinajstić information content (AvgIpc) is 2.84. The van der Waals surface area contributed by atoms with Crippen molar-refractivity contribution in [3.63, 3.8) is 0 Å². The third-order valence-corrected chi connectivity index (χ3v) is 5.43. The topological polar surface area (TPSA) is 87.7 Å². The van der Waals surface area contributed by atoms with Crippen molar-refractivity contribution < 1.29 is 19.4 Å². The van der Waals surface area contributed by atoms with Crippen molar-refractivity contribution in [3.05, 3.63) is 65.4 Å². The lowest BCUT2D eigenvalue weighted by Crippen LogP contribution is -2.39. The maximum atomic E-state index is 13.4. The number of Topliss-reactive ketones (excluding diaryl/α,β-unsaturated/α-hetero) is 1. The van der Waals surface area contributed by atoms with Gasteiger partial charge in [0.15, 0.2) is 5.78 Å². The summed E-state index contributed by atoms with van der Waals surface area (Å²) in [4.78, 5) is 25.8. The first-order valence-corrected chi connectivity index (χ1v) is 9.26. The molecule has 0 aromatic heterocycles. The Labute approximate surface area is 163 Å². The summed E-state index contributed by atoms with van der Waals surface area (Å²) in [6, 6.07) is 14.0. The van der Waals surface area contributed by atoms with Crippen LogP contribution in [-0.2, 0) is 14.3 Å². The van der Waals surface area contributed by atoms with Crippen LogP contribution < -0.4 is 10.6 Å². The highest BCUT2D eigenvalue weighted by Crippen LogP contribution is 2.44. The summed E-state index contributed by atoms with van der Waals surface area (Å²) in [7, 11) is 1.30. The molecule has 3 N–H and O–H groups in total. The standard InChI is InChI=1S/C22H22N2O4/c1-12-10-17-19(21(26)18(12)22(27)28-2)20(13-6-5-7-14(25)11-13)24-16-9-4-3-8-15(16)23-17/h3-9,11-12,18,20,23-25H,10H2,1-2H3/t12-,18+,20-/m1/s1. The van der Waals surface area contributed by atoms with Gasteiger partial charge in [0.25, 0.3) is 0 Å². The summed E-state index contributed by atoms with van der Waals surface area (Å²) in [5.74, 6) is -1.66. The first kappa shape index (κ1) is 18.1. The van der Waals surface area contributed by atoms with E-state index in [9.17, 15) is 14.7 Å². The van der Waals surface area contributed by atoms with Crippen molar-refractivity contribution in [3.8, 4) is 5.75 Å². The SMILES string of the molecule is COC(=O)[C@@H]1C(=O)C2=C(C[C@H]1C)Nc1ccccc1N[C@@H]2c1cccc(O)c1. The molecule has 2 aromatic rings. The molecule has 0 fully saturated rings. The Morgan fingerprint density at radius 1 is 1.14 bits per heavy atom. The smallest absolute Gasteiger partial charge is 0.316 e. The molecule has 144 valence electrons. The van der Waals surface area contributed by atoms with Crippen LogP contribution >= 0.6 is 0 Å². The van der Waals surface area contributed by atoms with Crippen molar-refractivity contribution in [1.82, 2.24) is 0 Å². The molecule has 0 radical (unpaired) electrons. The number of phenols is 1. The van der Waals surface area contributed by atoms with E-state index in [4.69, 9.17) is 4.74 Å². The van der Waals surface area contributed by atoms with E-state index in [0.29, 0.717) is 12.0 Å². The fourth-order valence-corrected chi connectivity index (χ4v) is 4.09. The van der Waals surface area contributed by atoms with E-state index in [1.165, 1.54) is 7.11 Å². The van der Waals surface area contributed by atoms with Gasteiger partial charge in [-0.3, -0.25) is 9.59 Å². The summed E-state index contributed by atoms with van der Waals surface area (Å²) in [6.45, 7) is 1.89. The lowest BCUT2D eigenvalue weighted by molar-refractivity contribution is -0.151. The van der Waals surface area contributed by atoms with E-state index in [1.54, 1.807) is 18.2 Å². The Kier molecular flexibility index (Phi) is 4.55. The molecule has 2 aliphatic rings. The molecule has 0 spiro atoms. The van der Waals surface area contributed by atoms with Gasteiger partial charge in [-0.2, -0.15) is 0 Å². The quantitative estimate of drug-likeness (QED) is 0.546. The van der Waals surface area contributed by atoms with Crippen LogP contribution in [0.5, 0.6) is 5.75 Å². The highest BCUT2D eigenvalue weighted by Gasteiger charge is 2.44. The molecule has 3 atom stereocenters. The van der Waals surface area contributed by atoms with Crippen LogP contribution in [0.15, 0.2) is 59.8 Å². The molecule has 0 amide bonds. The molecule has 1 aliphatic carbocycles. The van der Waals surface area contributed by atoms with Crippen molar-refractivity contribution in [2.45, 2.75) is 19.4 Å². The molecule has 4 rings (SSSR count). The van der Waals surface area contributed by atoms with Gasteiger partial charge in [0.05, 0.1) is 24.5 Å². The fourth-order valence-electron chi connectivity index (χ4n) is 4.09. The zero-order chi connectivity index (χ0) is 19.8. The number of anilines is 2. The summed E-state index contributed by atoms with van der Waals surface area (Å²) in [5.41, 5.74) is 3.77. The normalized spacial score (nSPS) is 23.6. The molecular weight excluding hydrogens is 356 g/mol. The lowest BCUT2D eigenvalue weighted by Gasteiger charge is -2.32. The molecule has 2 aromatic carbocycles. The van der Waals surface area contributed by atoms with Crippen LogP contribution in [0, 0.1) is 11.8 Å². The van der Waals surface area contributed by atoms with E-state index in [-0.39, 0.29) is 17.5 Å². The minimum Gasteiger partial charge on any atom is -0.508 e. The number of allylic oxidation sites excluding steroid dienone is 1. The second-order valence-corrected chi connectivity index (χ2v) is 7.28. The second-order valence-electron chi connectivity index (χ2n) is 7.28. The Hall–Kier alpha value is -3.28. The van der Waals surface area contributed by atoms with Gasteiger partial charge >= 0.3 is 5.97 Å². The van der Waals surface area contributed by atoms with Gasteiger partial charge in [-0.1, -0.05) is 31.2 Å². The second kappa shape index (κ2) is 7.03. The molecule has 6 heteroatoms. The molecule has 0 saturated heterocycles. The third-order valence-electron chi connectivity index (χ3n) is 5.43. The number of ether oxygens (including phenoxy) is 1. The number of aromatic hydroxyl groups is 1. The number of hydrogen-bond acceptors (Lipinski definition) is 6. The predicted octanol–water partition coefficient (Wildman–Crippen LogP) is 3.62. The number of methoxy groups -OCH3 is 1. The van der Waals surface area contributed by atoms with Crippen molar-refractivity contribution in [2.75, 3.05) is 17.7 Å². The summed E-state index contributed by atoms with van der Waals surface area (Å²) in [6.07, 6.45) is 0.548.